The molecule has 1 amide bonds. The van der Waals surface area contributed by atoms with E-state index in [1.54, 1.807) is 13.8 Å². The predicted octanol–water partition coefficient (Wildman–Crippen LogP) is 2.02. The summed E-state index contributed by atoms with van der Waals surface area (Å²) in [6.45, 7) is 4.87. The summed E-state index contributed by atoms with van der Waals surface area (Å²) in [7, 11) is 1.95. The summed E-state index contributed by atoms with van der Waals surface area (Å²) < 4.78 is 1.98. The molecule has 0 saturated carbocycles. The average molecular weight is 272 g/mol. The maximum Gasteiger partial charge on any atom is 0.256 e. The predicted molar refractivity (Wildman–Crippen MR) is 78.6 cm³/mol. The highest BCUT2D eigenvalue weighted by Crippen LogP contribution is 2.30. The minimum Gasteiger partial charge on any atom is -0.390 e. The Morgan fingerprint density at radius 1 is 1.30 bits per heavy atom. The molecule has 20 heavy (non-hydrogen) atoms. The molecule has 2 heterocycles. The first kappa shape index (κ1) is 13.2. The van der Waals surface area contributed by atoms with Gasteiger partial charge in [0, 0.05) is 43.2 Å². The number of likely N-dealkylation sites (tertiary alicyclic amines) is 1. The molecular weight excluding hydrogens is 252 g/mol. The summed E-state index contributed by atoms with van der Waals surface area (Å²) >= 11 is 0. The molecule has 1 aromatic carbocycles. The fraction of sp³-hybridized carbons (Fsp3) is 0.438. The van der Waals surface area contributed by atoms with Crippen LogP contribution in [0.1, 0.15) is 24.2 Å². The summed E-state index contributed by atoms with van der Waals surface area (Å²) in [5, 5.41) is 10.9. The standard InChI is InChI=1S/C16H20N2O2/c1-16(2,20)11-8-18(9-11)15(19)13-10-17(3)14-7-5-4-6-12(13)14/h4-7,10-11,20H,8-9H2,1-3H3. The lowest BCUT2D eigenvalue weighted by molar-refractivity contribution is -0.0506. The first-order valence-corrected chi connectivity index (χ1v) is 6.93. The van der Waals surface area contributed by atoms with E-state index < -0.39 is 5.60 Å². The van der Waals surface area contributed by atoms with Gasteiger partial charge in [0.2, 0.25) is 0 Å². The van der Waals surface area contributed by atoms with E-state index in [0.29, 0.717) is 13.1 Å². The molecule has 1 aliphatic heterocycles. The molecule has 0 radical (unpaired) electrons. The lowest BCUT2D eigenvalue weighted by Gasteiger charge is -2.45. The van der Waals surface area contributed by atoms with E-state index in [1.165, 1.54) is 0 Å². The zero-order valence-electron chi connectivity index (χ0n) is 12.1. The third-order valence-electron chi connectivity index (χ3n) is 4.30. The number of aromatic nitrogens is 1. The van der Waals surface area contributed by atoms with Gasteiger partial charge in [0.25, 0.3) is 5.91 Å². The molecule has 106 valence electrons. The number of carbonyl (C=O) groups is 1. The second kappa shape index (κ2) is 4.35. The Morgan fingerprint density at radius 3 is 2.60 bits per heavy atom. The van der Waals surface area contributed by atoms with Crippen molar-refractivity contribution < 1.29 is 9.90 Å². The molecule has 2 aromatic rings. The molecule has 1 aromatic heterocycles. The van der Waals surface area contributed by atoms with E-state index in [2.05, 4.69) is 0 Å². The second-order valence-electron chi connectivity index (χ2n) is 6.23. The summed E-state index contributed by atoms with van der Waals surface area (Å²) in [5.74, 6) is 0.226. The summed E-state index contributed by atoms with van der Waals surface area (Å²) in [5.41, 5.74) is 1.10. The van der Waals surface area contributed by atoms with Crippen molar-refractivity contribution in [3.63, 3.8) is 0 Å². The highest BCUT2D eigenvalue weighted by atomic mass is 16.3. The van der Waals surface area contributed by atoms with Crippen LogP contribution in [-0.4, -0.2) is 39.2 Å². The van der Waals surface area contributed by atoms with Gasteiger partial charge in [-0.3, -0.25) is 4.79 Å². The lowest BCUT2D eigenvalue weighted by Crippen LogP contribution is -2.57. The Hall–Kier alpha value is -1.81. The monoisotopic (exact) mass is 272 g/mol. The van der Waals surface area contributed by atoms with E-state index in [0.717, 1.165) is 16.5 Å². The average Bonchev–Trinajstić information content (AvgIpc) is 2.64. The number of hydrogen-bond donors (Lipinski definition) is 1. The van der Waals surface area contributed by atoms with E-state index in [4.69, 9.17) is 0 Å². The van der Waals surface area contributed by atoms with Gasteiger partial charge in [-0.25, -0.2) is 0 Å². The molecule has 1 saturated heterocycles. The van der Waals surface area contributed by atoms with Crippen molar-refractivity contribution in [3.8, 4) is 0 Å². The van der Waals surface area contributed by atoms with Gasteiger partial charge in [0.1, 0.15) is 0 Å². The maximum atomic E-state index is 12.6. The molecule has 0 spiro atoms. The van der Waals surface area contributed by atoms with Crippen LogP contribution in [-0.2, 0) is 7.05 Å². The van der Waals surface area contributed by atoms with Crippen LogP contribution in [0, 0.1) is 5.92 Å². The third kappa shape index (κ3) is 2.00. The summed E-state index contributed by atoms with van der Waals surface area (Å²) in [6.07, 6.45) is 1.89. The molecular formula is C16H20N2O2. The first-order chi connectivity index (χ1) is 9.38. The normalized spacial score (nSPS) is 16.5. The van der Waals surface area contributed by atoms with Crippen LogP contribution in [0.15, 0.2) is 30.5 Å². The molecule has 1 aliphatic rings. The SMILES string of the molecule is Cn1cc(C(=O)N2CC(C(C)(C)O)C2)c2ccccc21. The van der Waals surface area contributed by atoms with Crippen molar-refractivity contribution in [2.75, 3.05) is 13.1 Å². The molecule has 4 heteroatoms. The number of rotatable bonds is 2. The Balaban J connectivity index is 1.85. The molecule has 0 bridgehead atoms. The first-order valence-electron chi connectivity index (χ1n) is 6.93. The fourth-order valence-corrected chi connectivity index (χ4v) is 2.77. The number of para-hydroxylation sites is 1. The molecule has 0 aliphatic carbocycles. The molecule has 4 nitrogen and oxygen atoms in total. The summed E-state index contributed by atoms with van der Waals surface area (Å²) in [4.78, 5) is 14.4. The number of amides is 1. The van der Waals surface area contributed by atoms with Crippen molar-refractivity contribution >= 4 is 16.8 Å². The molecule has 1 N–H and O–H groups in total. The highest BCUT2D eigenvalue weighted by Gasteiger charge is 2.40. The topological polar surface area (TPSA) is 45.5 Å². The van der Waals surface area contributed by atoms with Gasteiger partial charge in [-0.2, -0.15) is 0 Å². The van der Waals surface area contributed by atoms with Crippen LogP contribution < -0.4 is 0 Å². The Morgan fingerprint density at radius 2 is 1.95 bits per heavy atom. The van der Waals surface area contributed by atoms with E-state index in [-0.39, 0.29) is 11.8 Å². The van der Waals surface area contributed by atoms with E-state index in [9.17, 15) is 9.90 Å². The summed E-state index contributed by atoms with van der Waals surface area (Å²) in [6, 6.07) is 7.93. The Kier molecular flexibility index (Phi) is 2.87. The van der Waals surface area contributed by atoms with Crippen LogP contribution in [0.4, 0.5) is 0 Å². The molecule has 1 fully saturated rings. The highest BCUT2D eigenvalue weighted by molar-refractivity contribution is 6.07. The Bertz CT molecular complexity index is 661. The van der Waals surface area contributed by atoms with Crippen LogP contribution in [0.5, 0.6) is 0 Å². The number of fused-ring (bicyclic) bond motifs is 1. The number of benzene rings is 1. The van der Waals surface area contributed by atoms with E-state index in [1.807, 2.05) is 47.0 Å². The number of carbonyl (C=O) groups excluding carboxylic acids is 1. The molecule has 0 atom stereocenters. The molecule has 0 unspecified atom stereocenters. The minimum atomic E-state index is -0.713. The quantitative estimate of drug-likeness (QED) is 0.909. The van der Waals surface area contributed by atoms with Crippen molar-refractivity contribution in [2.24, 2.45) is 13.0 Å². The van der Waals surface area contributed by atoms with Gasteiger partial charge in [0.15, 0.2) is 0 Å². The van der Waals surface area contributed by atoms with Crippen LogP contribution in [0.25, 0.3) is 10.9 Å². The van der Waals surface area contributed by atoms with Gasteiger partial charge >= 0.3 is 0 Å². The van der Waals surface area contributed by atoms with Gasteiger partial charge in [-0.05, 0) is 19.9 Å². The van der Waals surface area contributed by atoms with Crippen LogP contribution >= 0.6 is 0 Å². The van der Waals surface area contributed by atoms with E-state index >= 15 is 0 Å². The molecule has 3 rings (SSSR count). The fourth-order valence-electron chi connectivity index (χ4n) is 2.77. The Labute approximate surface area is 118 Å². The third-order valence-corrected chi connectivity index (χ3v) is 4.30. The zero-order chi connectivity index (χ0) is 14.5. The number of nitrogens with zero attached hydrogens (tertiary/aromatic N) is 2. The van der Waals surface area contributed by atoms with Gasteiger partial charge < -0.3 is 14.6 Å². The number of aryl methyl sites for hydroxylation is 1. The van der Waals surface area contributed by atoms with Gasteiger partial charge in [-0.15, -0.1) is 0 Å². The van der Waals surface area contributed by atoms with Crippen LogP contribution in [0.3, 0.4) is 0 Å². The van der Waals surface area contributed by atoms with Crippen LogP contribution in [0.2, 0.25) is 0 Å². The van der Waals surface area contributed by atoms with Crippen molar-refractivity contribution in [1.29, 1.82) is 0 Å². The number of aliphatic hydroxyl groups is 1. The minimum absolute atomic E-state index is 0.0577. The second-order valence-corrected chi connectivity index (χ2v) is 6.23. The van der Waals surface area contributed by atoms with Gasteiger partial charge in [0.05, 0.1) is 11.2 Å². The van der Waals surface area contributed by atoms with Crippen molar-refractivity contribution in [3.05, 3.63) is 36.0 Å². The zero-order valence-corrected chi connectivity index (χ0v) is 12.1. The largest absolute Gasteiger partial charge is 0.390 e. The smallest absolute Gasteiger partial charge is 0.256 e. The van der Waals surface area contributed by atoms with Gasteiger partial charge in [-0.1, -0.05) is 18.2 Å². The maximum absolute atomic E-state index is 12.6. The number of hydrogen-bond acceptors (Lipinski definition) is 2. The lowest BCUT2D eigenvalue weighted by atomic mass is 9.84. The van der Waals surface area contributed by atoms with Crippen molar-refractivity contribution in [2.45, 2.75) is 19.4 Å². The van der Waals surface area contributed by atoms with Crippen molar-refractivity contribution in [1.82, 2.24) is 9.47 Å².